The van der Waals surface area contributed by atoms with E-state index in [9.17, 15) is 4.79 Å². The van der Waals surface area contributed by atoms with Crippen LogP contribution in [-0.2, 0) is 6.54 Å². The first-order chi connectivity index (χ1) is 16.7. The Morgan fingerprint density at radius 3 is 2.74 bits per heavy atom. The third-order valence-corrected chi connectivity index (χ3v) is 6.98. The highest BCUT2D eigenvalue weighted by molar-refractivity contribution is 7.12. The summed E-state index contributed by atoms with van der Waals surface area (Å²) in [5.41, 5.74) is 1.96. The molecular formula is C26H27N5O2S. The summed E-state index contributed by atoms with van der Waals surface area (Å²) in [5, 5.41) is 6.74. The fourth-order valence-electron chi connectivity index (χ4n) is 4.37. The number of aromatic nitrogens is 3. The highest BCUT2D eigenvalue weighted by atomic mass is 32.1. The Kier molecular flexibility index (Phi) is 6.69. The molecule has 0 saturated carbocycles. The summed E-state index contributed by atoms with van der Waals surface area (Å²) < 4.78 is 7.15. The van der Waals surface area contributed by atoms with Gasteiger partial charge in [0.25, 0.3) is 5.91 Å². The predicted octanol–water partition coefficient (Wildman–Crippen LogP) is 4.65. The van der Waals surface area contributed by atoms with E-state index in [-0.39, 0.29) is 11.9 Å². The Labute approximate surface area is 203 Å². The SMILES string of the molecule is COc1cccc(-n2ccc(N(C(=O)c3cccs3)C3CCN(Cc4ccccn4)CC3)n2)c1. The molecular weight excluding hydrogens is 446 g/mol. The molecule has 1 aliphatic rings. The topological polar surface area (TPSA) is 63.5 Å². The standard InChI is InChI=1S/C26H27N5O2S/c1-33-23-8-4-7-22(18-23)30-16-12-25(28-30)31(26(32)24-9-5-17-34-24)21-10-14-29(15-11-21)19-20-6-2-3-13-27-20/h2-9,12-13,16-18,21H,10-11,14-15,19H2,1H3. The average Bonchev–Trinajstić information content (AvgIpc) is 3.59. The third-order valence-electron chi connectivity index (χ3n) is 6.12. The highest BCUT2D eigenvalue weighted by Crippen LogP contribution is 2.27. The van der Waals surface area contributed by atoms with Gasteiger partial charge in [-0.2, -0.15) is 0 Å². The lowest BCUT2D eigenvalue weighted by atomic mass is 10.0. The Balaban J connectivity index is 1.37. The number of carbonyl (C=O) groups excluding carboxylic acids is 1. The number of hydrogen-bond acceptors (Lipinski definition) is 6. The molecule has 8 heteroatoms. The summed E-state index contributed by atoms with van der Waals surface area (Å²) in [6, 6.07) is 19.6. The Morgan fingerprint density at radius 2 is 2.00 bits per heavy atom. The number of piperidine rings is 1. The van der Waals surface area contributed by atoms with Gasteiger partial charge in [-0.3, -0.25) is 19.6 Å². The van der Waals surface area contributed by atoms with Gasteiger partial charge in [-0.05, 0) is 48.6 Å². The van der Waals surface area contributed by atoms with Gasteiger partial charge in [0.1, 0.15) is 5.75 Å². The molecule has 0 spiro atoms. The molecule has 34 heavy (non-hydrogen) atoms. The van der Waals surface area contributed by atoms with E-state index in [1.54, 1.807) is 11.8 Å². The van der Waals surface area contributed by atoms with Gasteiger partial charge >= 0.3 is 0 Å². The average molecular weight is 474 g/mol. The van der Waals surface area contributed by atoms with Crippen LogP contribution in [0.25, 0.3) is 5.69 Å². The number of methoxy groups -OCH3 is 1. The largest absolute Gasteiger partial charge is 0.497 e. The molecule has 0 bridgehead atoms. The molecule has 1 aliphatic heterocycles. The lowest BCUT2D eigenvalue weighted by Gasteiger charge is -2.37. The molecule has 7 nitrogen and oxygen atoms in total. The Morgan fingerprint density at radius 1 is 1.12 bits per heavy atom. The summed E-state index contributed by atoms with van der Waals surface area (Å²) in [5.74, 6) is 1.44. The second-order valence-corrected chi connectivity index (χ2v) is 9.25. The van der Waals surface area contributed by atoms with Gasteiger partial charge in [0.2, 0.25) is 0 Å². The van der Waals surface area contributed by atoms with E-state index in [4.69, 9.17) is 9.84 Å². The van der Waals surface area contributed by atoms with E-state index in [2.05, 4.69) is 16.0 Å². The molecule has 0 N–H and O–H groups in total. The van der Waals surface area contributed by atoms with Crippen molar-refractivity contribution >= 4 is 23.1 Å². The number of nitrogens with zero attached hydrogens (tertiary/aromatic N) is 5. The van der Waals surface area contributed by atoms with Crippen LogP contribution in [-0.4, -0.2) is 51.8 Å². The maximum Gasteiger partial charge on any atom is 0.269 e. The van der Waals surface area contributed by atoms with Crippen molar-refractivity contribution in [1.29, 1.82) is 0 Å². The van der Waals surface area contributed by atoms with Crippen LogP contribution in [0.5, 0.6) is 5.75 Å². The first-order valence-corrected chi connectivity index (χ1v) is 12.3. The number of likely N-dealkylation sites (tertiary alicyclic amines) is 1. The summed E-state index contributed by atoms with van der Waals surface area (Å²) in [6.07, 6.45) is 5.50. The molecule has 0 atom stereocenters. The van der Waals surface area contributed by atoms with Crippen molar-refractivity contribution < 1.29 is 9.53 Å². The summed E-state index contributed by atoms with van der Waals surface area (Å²) >= 11 is 1.47. The molecule has 1 fully saturated rings. The van der Waals surface area contributed by atoms with Gasteiger partial charge < -0.3 is 4.74 Å². The van der Waals surface area contributed by atoms with E-state index in [0.29, 0.717) is 5.82 Å². The Hall–Kier alpha value is -3.49. The number of rotatable bonds is 7. The number of thiophene rings is 1. The van der Waals surface area contributed by atoms with Gasteiger partial charge in [-0.15, -0.1) is 16.4 Å². The number of anilines is 1. The third kappa shape index (κ3) is 4.88. The van der Waals surface area contributed by atoms with Gasteiger partial charge in [-0.1, -0.05) is 18.2 Å². The zero-order chi connectivity index (χ0) is 23.3. The smallest absolute Gasteiger partial charge is 0.269 e. The molecule has 3 aromatic heterocycles. The molecule has 5 rings (SSSR count). The molecule has 1 aromatic carbocycles. The van der Waals surface area contributed by atoms with Crippen LogP contribution in [0, 0.1) is 0 Å². The first-order valence-electron chi connectivity index (χ1n) is 11.4. The second-order valence-electron chi connectivity index (χ2n) is 8.30. The first kappa shape index (κ1) is 22.3. The van der Waals surface area contributed by atoms with Gasteiger partial charge in [-0.25, -0.2) is 4.68 Å². The number of ether oxygens (including phenoxy) is 1. The monoisotopic (exact) mass is 473 g/mol. The quantitative estimate of drug-likeness (QED) is 0.391. The lowest BCUT2D eigenvalue weighted by molar-refractivity contribution is 0.0961. The zero-order valence-corrected chi connectivity index (χ0v) is 19.9. The van der Waals surface area contributed by atoms with Crippen LogP contribution in [0.4, 0.5) is 5.82 Å². The molecule has 0 radical (unpaired) electrons. The predicted molar refractivity (Wildman–Crippen MR) is 134 cm³/mol. The van der Waals surface area contributed by atoms with Crippen LogP contribution in [0.3, 0.4) is 0 Å². The van der Waals surface area contributed by atoms with Crippen LogP contribution < -0.4 is 9.64 Å². The minimum absolute atomic E-state index is 0.00840. The van der Waals surface area contributed by atoms with Crippen molar-refractivity contribution in [3.63, 3.8) is 0 Å². The number of pyridine rings is 1. The van der Waals surface area contributed by atoms with Crippen molar-refractivity contribution in [2.45, 2.75) is 25.4 Å². The molecule has 1 amide bonds. The number of carbonyl (C=O) groups is 1. The Bertz CT molecular complexity index is 1220. The molecule has 4 aromatic rings. The van der Waals surface area contributed by atoms with Crippen LogP contribution in [0.15, 0.2) is 78.4 Å². The van der Waals surface area contributed by atoms with E-state index in [1.165, 1.54) is 11.3 Å². The maximum atomic E-state index is 13.6. The van der Waals surface area contributed by atoms with Crippen molar-refractivity contribution in [2.24, 2.45) is 0 Å². The van der Waals surface area contributed by atoms with Gasteiger partial charge in [0.05, 0.1) is 23.4 Å². The molecule has 174 valence electrons. The normalized spacial score (nSPS) is 14.7. The summed E-state index contributed by atoms with van der Waals surface area (Å²) in [7, 11) is 1.65. The van der Waals surface area contributed by atoms with Crippen LogP contribution in [0.1, 0.15) is 28.2 Å². The van der Waals surface area contributed by atoms with Gasteiger partial charge in [0.15, 0.2) is 5.82 Å². The van der Waals surface area contributed by atoms with E-state index >= 15 is 0 Å². The van der Waals surface area contributed by atoms with E-state index < -0.39 is 0 Å². The molecule has 0 aliphatic carbocycles. The summed E-state index contributed by atoms with van der Waals surface area (Å²) in [6.45, 7) is 2.65. The highest BCUT2D eigenvalue weighted by Gasteiger charge is 2.32. The molecule has 4 heterocycles. The maximum absolute atomic E-state index is 13.6. The minimum Gasteiger partial charge on any atom is -0.497 e. The van der Waals surface area contributed by atoms with Crippen LogP contribution >= 0.6 is 11.3 Å². The second kappa shape index (κ2) is 10.2. The van der Waals surface area contributed by atoms with Crippen molar-refractivity contribution in [2.75, 3.05) is 25.1 Å². The lowest BCUT2D eigenvalue weighted by Crippen LogP contribution is -2.47. The number of hydrogen-bond donors (Lipinski definition) is 0. The number of benzene rings is 1. The molecule has 0 unspecified atom stereocenters. The fraction of sp³-hybridized carbons (Fsp3) is 0.269. The van der Waals surface area contributed by atoms with Crippen molar-refractivity contribution in [1.82, 2.24) is 19.7 Å². The summed E-state index contributed by atoms with van der Waals surface area (Å²) in [4.78, 5) is 23.0. The van der Waals surface area contributed by atoms with Crippen LogP contribution in [0.2, 0.25) is 0 Å². The number of amides is 1. The fourth-order valence-corrected chi connectivity index (χ4v) is 5.03. The van der Waals surface area contributed by atoms with Crippen molar-refractivity contribution in [3.05, 3.63) is 89.0 Å². The molecule has 1 saturated heterocycles. The van der Waals surface area contributed by atoms with E-state index in [1.807, 2.05) is 77.3 Å². The van der Waals surface area contributed by atoms with Gasteiger partial charge in [0, 0.05) is 50.2 Å². The van der Waals surface area contributed by atoms with Crippen molar-refractivity contribution in [3.8, 4) is 11.4 Å². The van der Waals surface area contributed by atoms with E-state index in [0.717, 1.165) is 54.5 Å². The minimum atomic E-state index is 0.00840. The zero-order valence-electron chi connectivity index (χ0n) is 19.1.